The molecule has 0 radical (unpaired) electrons. The second kappa shape index (κ2) is 34.2. The van der Waals surface area contributed by atoms with Crippen molar-refractivity contribution in [2.75, 3.05) is 54.0 Å². The molecule has 2 aromatic rings. The van der Waals surface area contributed by atoms with Crippen molar-refractivity contribution in [2.45, 2.75) is 51.4 Å². The number of nitrogens with two attached hydrogens (primary N) is 1. The second-order valence-electron chi connectivity index (χ2n) is 11.5. The fourth-order valence-electron chi connectivity index (χ4n) is 5.53. The summed E-state index contributed by atoms with van der Waals surface area (Å²) >= 11 is 0. The van der Waals surface area contributed by atoms with Crippen LogP contribution >= 0.6 is 0 Å². The third-order valence-electron chi connectivity index (χ3n) is 8.47. The summed E-state index contributed by atoms with van der Waals surface area (Å²) in [6.45, 7) is 1.22. The summed E-state index contributed by atoms with van der Waals surface area (Å²) < 4.78 is 47.5. The Labute approximate surface area is 407 Å². The van der Waals surface area contributed by atoms with Crippen molar-refractivity contribution in [1.82, 2.24) is 0 Å². The number of anilines is 1. The first-order chi connectivity index (χ1) is 25.8. The van der Waals surface area contributed by atoms with Crippen LogP contribution in [0.25, 0.3) is 0 Å². The summed E-state index contributed by atoms with van der Waals surface area (Å²) in [5.74, 6) is 0.906. The minimum absolute atomic E-state index is 0. The molecule has 0 spiro atoms. The first-order valence-corrected chi connectivity index (χ1v) is 16.3. The molecule has 0 saturated heterocycles. The molecule has 55 heavy (non-hydrogen) atoms. The van der Waals surface area contributed by atoms with E-state index in [1.54, 1.807) is 12.1 Å². The summed E-state index contributed by atoms with van der Waals surface area (Å²) in [6.07, 6.45) is 7.49. The average Bonchev–Trinajstić information content (AvgIpc) is 3.20. The van der Waals surface area contributed by atoms with Gasteiger partial charge < -0.3 is 41.6 Å². The van der Waals surface area contributed by atoms with E-state index in [4.69, 9.17) is 26.6 Å². The Balaban J connectivity index is -0.000000353. The van der Waals surface area contributed by atoms with E-state index in [9.17, 15) is 38.6 Å². The molecule has 0 heterocycles. The number of hydrogen-bond acceptors (Lipinski definition) is 15. The number of carbonyl (C=O) groups excluding carboxylic acids is 3. The largest absolute Gasteiger partial charge is 1.00 e. The van der Waals surface area contributed by atoms with Crippen molar-refractivity contribution in [3.05, 3.63) is 62.4 Å². The Morgan fingerprint density at radius 2 is 1.25 bits per heavy atom. The number of ether oxygens (including phenoxy) is 4. The standard InChI is InChI=1S/C16H22N2O5.C9H17NO2.C7H6FNO3.CH3F.CH2O3.2K.H/c1-22-13-7-8-15(18(20)21)14(9-13)17-10-11-3-5-12(6-4-11)16(19)23-2;1-12-9(11)8-4-2-7(6-10)3-5-8;1-12-5-2-3-7(9(10)11)6(8)4-5;1-2;2-1-4-3;;;/h7-9,11-12,17H,3-6,10H2,1-2H3;7-8H,2-6,10H2,1H3;2-4H,1H3;1H3;1,3H;;;/q;;;;;2*+1;-1/p-1/i;;;1D;;;;. The summed E-state index contributed by atoms with van der Waals surface area (Å²) in [4.78, 5) is 53.9. The molecule has 300 valence electrons. The molecule has 2 saturated carbocycles. The van der Waals surface area contributed by atoms with Gasteiger partial charge in [0.2, 0.25) is 5.82 Å². The molecule has 0 atom stereocenters. The molecule has 2 aliphatic rings. The van der Waals surface area contributed by atoms with Crippen molar-refractivity contribution in [3.8, 4) is 11.5 Å². The number of alkyl halides is 1. The molecule has 2 aromatic carbocycles. The van der Waals surface area contributed by atoms with Gasteiger partial charge in [0.1, 0.15) is 17.2 Å². The molecule has 0 aliphatic heterocycles. The van der Waals surface area contributed by atoms with Gasteiger partial charge in [0.15, 0.2) is 0 Å². The Morgan fingerprint density at radius 1 is 0.855 bits per heavy atom. The molecular weight excluding hydrogens is 789 g/mol. The number of nitro groups is 2. The van der Waals surface area contributed by atoms with Crippen LogP contribution < -0.4 is 129 Å². The van der Waals surface area contributed by atoms with E-state index in [-0.39, 0.29) is 146 Å². The predicted octanol–water partition coefficient (Wildman–Crippen LogP) is -1.20. The van der Waals surface area contributed by atoms with Crippen molar-refractivity contribution >= 4 is 35.5 Å². The van der Waals surface area contributed by atoms with E-state index in [1.807, 2.05) is 0 Å². The molecule has 0 amide bonds. The van der Waals surface area contributed by atoms with Crippen LogP contribution in [0.1, 0.15) is 54.2 Å². The molecule has 0 bridgehead atoms. The van der Waals surface area contributed by atoms with Crippen LogP contribution in [0.15, 0.2) is 36.4 Å². The Kier molecular flexibility index (Phi) is 34.3. The molecule has 0 unspecified atom stereocenters. The maximum absolute atomic E-state index is 12.8. The van der Waals surface area contributed by atoms with Crippen LogP contribution in [-0.2, 0) is 28.7 Å². The molecular formula is C34H50F2K2N4O13. The molecule has 0 aromatic heterocycles. The number of nitrogens with zero attached hydrogens (tertiary/aromatic N) is 2. The van der Waals surface area contributed by atoms with Gasteiger partial charge in [0, 0.05) is 30.8 Å². The van der Waals surface area contributed by atoms with E-state index in [1.165, 1.54) is 40.6 Å². The summed E-state index contributed by atoms with van der Waals surface area (Å²) in [5.41, 5.74) is 5.49. The summed E-state index contributed by atoms with van der Waals surface area (Å²) in [7, 11) is 4.76. The van der Waals surface area contributed by atoms with Gasteiger partial charge in [-0.05, 0) is 81.9 Å². The van der Waals surface area contributed by atoms with E-state index in [2.05, 4.69) is 19.7 Å². The van der Waals surface area contributed by atoms with Crippen LogP contribution in [0, 0.1) is 49.7 Å². The van der Waals surface area contributed by atoms with Gasteiger partial charge in [-0.25, -0.2) is 0 Å². The normalized spacial score (nSPS) is 17.9. The number of rotatable bonds is 11. The van der Waals surface area contributed by atoms with Gasteiger partial charge in [-0.3, -0.25) is 39.0 Å². The second-order valence-corrected chi connectivity index (χ2v) is 11.5. The SMILES string of the molecule is COC(=O)C1CCC(CN)CC1.COC(=O)C1CCC(CNc2cc(OC)ccc2[N+](=O)[O-])CC1.COc1ccc([N+](=O)[O-])c(F)c1.O=CO[O-].[2H]CF.[H-].[K+].[K+]. The third kappa shape index (κ3) is 22.6. The summed E-state index contributed by atoms with van der Waals surface area (Å²) in [5, 5.41) is 32.8. The fourth-order valence-corrected chi connectivity index (χ4v) is 5.53. The van der Waals surface area contributed by atoms with Crippen LogP contribution in [0.5, 0.6) is 11.5 Å². The number of halogens is 2. The average molecular weight is 840 g/mol. The molecule has 21 heteroatoms. The predicted molar refractivity (Wildman–Crippen MR) is 187 cm³/mol. The molecule has 3 N–H and O–H groups in total. The molecule has 2 fully saturated rings. The van der Waals surface area contributed by atoms with Gasteiger partial charge in [-0.1, -0.05) is 0 Å². The van der Waals surface area contributed by atoms with Gasteiger partial charge >= 0.3 is 120 Å². The van der Waals surface area contributed by atoms with Gasteiger partial charge in [0.05, 0.1) is 58.6 Å². The van der Waals surface area contributed by atoms with Crippen molar-refractivity contribution < 1.29 is 168 Å². The Morgan fingerprint density at radius 3 is 1.60 bits per heavy atom. The zero-order valence-electron chi connectivity index (χ0n) is 34.2. The number of nitrogens with one attached hydrogen (secondary N) is 1. The monoisotopic (exact) mass is 839 g/mol. The fraction of sp³-hybridized carbons (Fsp3) is 0.559. The maximum atomic E-state index is 12.8. The van der Waals surface area contributed by atoms with E-state index in [0.717, 1.165) is 70.0 Å². The van der Waals surface area contributed by atoms with E-state index < -0.39 is 28.5 Å². The van der Waals surface area contributed by atoms with Crippen LogP contribution in [0.4, 0.5) is 25.8 Å². The molecule has 2 aliphatic carbocycles. The maximum Gasteiger partial charge on any atom is 1.00 e. The number of esters is 2. The first kappa shape index (κ1) is 55.2. The quantitative estimate of drug-likeness (QED) is 0.0675. The summed E-state index contributed by atoms with van der Waals surface area (Å²) in [6, 6.07) is 8.02. The molecule has 4 rings (SSSR count). The minimum atomic E-state index is -1.00. The van der Waals surface area contributed by atoms with Gasteiger partial charge in [-0.15, -0.1) is 0 Å². The van der Waals surface area contributed by atoms with Crippen LogP contribution in [-0.4, -0.2) is 76.9 Å². The number of benzene rings is 2. The number of nitro benzene ring substituents is 2. The number of carbonyl (C=O) groups is 3. The third-order valence-corrected chi connectivity index (χ3v) is 8.47. The number of hydrogen-bond donors (Lipinski definition) is 2. The van der Waals surface area contributed by atoms with E-state index in [0.29, 0.717) is 29.8 Å². The molecule has 17 nitrogen and oxygen atoms in total. The van der Waals surface area contributed by atoms with E-state index >= 15 is 0 Å². The zero-order valence-corrected chi connectivity index (χ0v) is 38.4. The smallest absolute Gasteiger partial charge is 1.00 e. The van der Waals surface area contributed by atoms with Crippen LogP contribution in [0.3, 0.4) is 0 Å². The minimum Gasteiger partial charge on any atom is -1.00 e. The Hall–Kier alpha value is -1.90. The first-order valence-electron chi connectivity index (χ1n) is 17.0. The topological polar surface area (TPSA) is 245 Å². The van der Waals surface area contributed by atoms with Gasteiger partial charge in [-0.2, -0.15) is 4.39 Å². The van der Waals surface area contributed by atoms with Crippen LogP contribution in [0.2, 0.25) is 0 Å². The number of methoxy groups -OCH3 is 4. The zero-order chi connectivity index (χ0) is 41.1. The van der Waals surface area contributed by atoms with Crippen molar-refractivity contribution in [3.63, 3.8) is 0 Å². The van der Waals surface area contributed by atoms with Crippen molar-refractivity contribution in [1.29, 1.82) is 0 Å². The van der Waals surface area contributed by atoms with Gasteiger partial charge in [0.25, 0.3) is 12.2 Å². The Bertz CT molecular complexity index is 1450. The van der Waals surface area contributed by atoms with Crippen molar-refractivity contribution in [2.24, 2.45) is 29.4 Å².